The molecule has 2 aliphatic rings. The molecular formula is C24H26O. The minimum atomic E-state index is -0.646. The van der Waals surface area contributed by atoms with E-state index in [4.69, 9.17) is 0 Å². The van der Waals surface area contributed by atoms with Crippen LogP contribution in [-0.2, 0) is 12.0 Å². The Labute approximate surface area is 149 Å². The fourth-order valence-electron chi connectivity index (χ4n) is 5.81. The number of rotatable bonds is 3. The lowest BCUT2D eigenvalue weighted by Crippen LogP contribution is -2.32. The first kappa shape index (κ1) is 15.4. The largest absolute Gasteiger partial charge is 0.385 e. The van der Waals surface area contributed by atoms with Crippen molar-refractivity contribution < 1.29 is 5.11 Å². The van der Waals surface area contributed by atoms with Crippen LogP contribution in [0.5, 0.6) is 0 Å². The van der Waals surface area contributed by atoms with Crippen LogP contribution in [0.1, 0.15) is 50.2 Å². The van der Waals surface area contributed by atoms with Gasteiger partial charge in [0.05, 0.1) is 5.60 Å². The van der Waals surface area contributed by atoms with Crippen molar-refractivity contribution in [3.63, 3.8) is 0 Å². The van der Waals surface area contributed by atoms with Crippen molar-refractivity contribution in [1.29, 1.82) is 0 Å². The summed E-state index contributed by atoms with van der Waals surface area (Å²) in [6.07, 6.45) is 6.86. The number of aryl methyl sites for hydroxylation is 1. The van der Waals surface area contributed by atoms with Crippen LogP contribution < -0.4 is 0 Å². The van der Waals surface area contributed by atoms with Crippen molar-refractivity contribution >= 4 is 21.5 Å². The van der Waals surface area contributed by atoms with E-state index in [1.54, 1.807) is 0 Å². The molecule has 0 saturated heterocycles. The summed E-state index contributed by atoms with van der Waals surface area (Å²) in [5.74, 6) is 1.14. The Kier molecular flexibility index (Phi) is 3.43. The van der Waals surface area contributed by atoms with E-state index >= 15 is 0 Å². The highest BCUT2D eigenvalue weighted by Crippen LogP contribution is 2.58. The molecule has 128 valence electrons. The number of hydrogen-bond acceptors (Lipinski definition) is 1. The van der Waals surface area contributed by atoms with Gasteiger partial charge in [0, 0.05) is 0 Å². The highest BCUT2D eigenvalue weighted by molar-refractivity contribution is 6.06. The molecule has 2 fully saturated rings. The first-order chi connectivity index (χ1) is 12.2. The molecule has 0 aromatic heterocycles. The second-order valence-electron chi connectivity index (χ2n) is 8.20. The Morgan fingerprint density at radius 2 is 1.52 bits per heavy atom. The van der Waals surface area contributed by atoms with Gasteiger partial charge in [-0.15, -0.1) is 0 Å². The Morgan fingerprint density at radius 3 is 2.00 bits per heavy atom. The van der Waals surface area contributed by atoms with Gasteiger partial charge in [0.25, 0.3) is 0 Å². The number of hydrogen-bond donors (Lipinski definition) is 1. The molecule has 3 unspecified atom stereocenters. The predicted molar refractivity (Wildman–Crippen MR) is 105 cm³/mol. The molecule has 3 atom stereocenters. The summed E-state index contributed by atoms with van der Waals surface area (Å²) in [5, 5.41) is 17.1. The van der Waals surface area contributed by atoms with Gasteiger partial charge in [0.2, 0.25) is 0 Å². The van der Waals surface area contributed by atoms with Crippen LogP contribution in [0.15, 0.2) is 48.5 Å². The first-order valence-corrected chi connectivity index (χ1v) is 9.87. The molecule has 25 heavy (non-hydrogen) atoms. The minimum Gasteiger partial charge on any atom is -0.385 e. The lowest BCUT2D eigenvalue weighted by atomic mass is 9.74. The number of benzene rings is 3. The number of fused-ring (bicyclic) bond motifs is 4. The average molecular weight is 330 g/mol. The van der Waals surface area contributed by atoms with Crippen LogP contribution in [0, 0.1) is 11.8 Å². The van der Waals surface area contributed by atoms with Gasteiger partial charge >= 0.3 is 0 Å². The van der Waals surface area contributed by atoms with Gasteiger partial charge in [0.15, 0.2) is 0 Å². The maximum absolute atomic E-state index is 11.9. The molecule has 0 radical (unpaired) electrons. The van der Waals surface area contributed by atoms with Gasteiger partial charge in [-0.05, 0) is 76.6 Å². The molecule has 0 spiro atoms. The van der Waals surface area contributed by atoms with Crippen LogP contribution in [-0.4, -0.2) is 5.11 Å². The van der Waals surface area contributed by atoms with Crippen LogP contribution in [0.4, 0.5) is 0 Å². The van der Waals surface area contributed by atoms with Crippen molar-refractivity contribution in [3.05, 3.63) is 59.7 Å². The predicted octanol–water partition coefficient (Wildman–Crippen LogP) is 5.95. The normalized spacial score (nSPS) is 28.2. The van der Waals surface area contributed by atoms with Gasteiger partial charge in [-0.3, -0.25) is 0 Å². The van der Waals surface area contributed by atoms with Crippen LogP contribution in [0.2, 0.25) is 0 Å². The first-order valence-electron chi connectivity index (χ1n) is 9.87. The second kappa shape index (κ2) is 5.57. The van der Waals surface area contributed by atoms with Crippen molar-refractivity contribution in [2.24, 2.45) is 11.8 Å². The van der Waals surface area contributed by atoms with Crippen LogP contribution in [0.3, 0.4) is 0 Å². The zero-order chi connectivity index (χ0) is 17.0. The van der Waals surface area contributed by atoms with Crippen molar-refractivity contribution in [2.45, 2.75) is 51.0 Å². The molecule has 1 nitrogen and oxygen atoms in total. The van der Waals surface area contributed by atoms with E-state index in [9.17, 15) is 5.11 Å². The quantitative estimate of drug-likeness (QED) is 0.588. The highest BCUT2D eigenvalue weighted by atomic mass is 16.3. The Hall–Kier alpha value is -1.86. The van der Waals surface area contributed by atoms with E-state index in [0.29, 0.717) is 11.8 Å². The fourth-order valence-corrected chi connectivity index (χ4v) is 5.81. The summed E-state index contributed by atoms with van der Waals surface area (Å²) in [6.45, 7) is 2.25. The van der Waals surface area contributed by atoms with Crippen molar-refractivity contribution in [1.82, 2.24) is 0 Å². The molecule has 3 aromatic rings. The molecule has 2 bridgehead atoms. The molecule has 0 aliphatic heterocycles. The number of aliphatic hydroxyl groups is 1. The molecule has 3 aromatic carbocycles. The van der Waals surface area contributed by atoms with Gasteiger partial charge in [0.1, 0.15) is 0 Å². The van der Waals surface area contributed by atoms with Gasteiger partial charge in [-0.2, -0.15) is 0 Å². The molecule has 1 heteroatoms. The summed E-state index contributed by atoms with van der Waals surface area (Å²) in [7, 11) is 0. The maximum atomic E-state index is 11.9. The van der Waals surface area contributed by atoms with Crippen LogP contribution >= 0.6 is 0 Å². The molecule has 2 aliphatic carbocycles. The summed E-state index contributed by atoms with van der Waals surface area (Å²) in [5.41, 5.74) is 2.02. The Bertz CT molecular complexity index is 900. The van der Waals surface area contributed by atoms with Gasteiger partial charge in [-0.25, -0.2) is 0 Å². The standard InChI is InChI=1S/C24H26O/c1-2-7-18-19-8-3-5-10-21(19)23(22-11-6-4-9-20(18)22)24(25)15-16-12-13-17(24)14-16/h3-6,8-11,16-17,25H,2,7,12-15H2,1H3. The van der Waals surface area contributed by atoms with E-state index in [-0.39, 0.29) is 0 Å². The average Bonchev–Trinajstić information content (AvgIpc) is 3.22. The van der Waals surface area contributed by atoms with Gasteiger partial charge in [-0.1, -0.05) is 61.9 Å². The summed E-state index contributed by atoms with van der Waals surface area (Å²) in [4.78, 5) is 0. The lowest BCUT2D eigenvalue weighted by molar-refractivity contribution is -0.0155. The second-order valence-corrected chi connectivity index (χ2v) is 8.20. The highest BCUT2D eigenvalue weighted by Gasteiger charge is 2.52. The third-order valence-corrected chi connectivity index (χ3v) is 6.79. The van der Waals surface area contributed by atoms with E-state index in [0.717, 1.165) is 19.3 Å². The molecule has 0 amide bonds. The van der Waals surface area contributed by atoms with Gasteiger partial charge < -0.3 is 5.11 Å². The Balaban J connectivity index is 1.90. The summed E-state index contributed by atoms with van der Waals surface area (Å²) >= 11 is 0. The van der Waals surface area contributed by atoms with E-state index < -0.39 is 5.60 Å². The smallest absolute Gasteiger partial charge is 0.0939 e. The third kappa shape index (κ3) is 2.12. The van der Waals surface area contributed by atoms with Crippen molar-refractivity contribution in [3.8, 4) is 0 Å². The van der Waals surface area contributed by atoms with E-state index in [1.165, 1.54) is 51.9 Å². The molecule has 1 N–H and O–H groups in total. The SMILES string of the molecule is CCCc1c2ccccc2c(C2(O)CC3CCC2C3)c2ccccc12. The monoisotopic (exact) mass is 330 g/mol. The van der Waals surface area contributed by atoms with E-state index in [1.807, 2.05) is 0 Å². The van der Waals surface area contributed by atoms with Crippen LogP contribution in [0.25, 0.3) is 21.5 Å². The molecule has 5 rings (SSSR count). The lowest BCUT2D eigenvalue weighted by Gasteiger charge is -2.35. The Morgan fingerprint density at radius 1 is 0.920 bits per heavy atom. The molecule has 2 saturated carbocycles. The zero-order valence-corrected chi connectivity index (χ0v) is 15.0. The summed E-state index contributed by atoms with van der Waals surface area (Å²) < 4.78 is 0. The maximum Gasteiger partial charge on any atom is 0.0939 e. The minimum absolute atomic E-state index is 0.432. The molecule has 0 heterocycles. The zero-order valence-electron chi connectivity index (χ0n) is 15.0. The fraction of sp³-hybridized carbons (Fsp3) is 0.417. The summed E-state index contributed by atoms with van der Waals surface area (Å²) in [6, 6.07) is 17.5. The molecular weight excluding hydrogens is 304 g/mol. The van der Waals surface area contributed by atoms with Crippen molar-refractivity contribution in [2.75, 3.05) is 0 Å². The third-order valence-electron chi connectivity index (χ3n) is 6.79. The topological polar surface area (TPSA) is 20.2 Å². The van der Waals surface area contributed by atoms with E-state index in [2.05, 4.69) is 55.5 Å².